The van der Waals surface area contributed by atoms with Crippen molar-refractivity contribution in [3.8, 4) is 0 Å². The summed E-state index contributed by atoms with van der Waals surface area (Å²) in [7, 11) is 1.39. The smallest absolute Gasteiger partial charge is 0.310 e. The van der Waals surface area contributed by atoms with Crippen LogP contribution in [-0.4, -0.2) is 19.6 Å². The standard InChI is InChI=1S/C15H17NO2/c1-18-15(17)14(10-16)9-11-6-7-12-4-2-3-5-13(12)8-11/h2-8,14H,9-10,16H2,1H3. The quantitative estimate of drug-likeness (QED) is 0.837. The van der Waals surface area contributed by atoms with Crippen LogP contribution < -0.4 is 5.73 Å². The van der Waals surface area contributed by atoms with Crippen LogP contribution >= 0.6 is 0 Å². The molecule has 3 heteroatoms. The SMILES string of the molecule is COC(=O)C(CN)Cc1ccc2ccccc2c1. The van der Waals surface area contributed by atoms with E-state index in [2.05, 4.69) is 24.3 Å². The van der Waals surface area contributed by atoms with Crippen LogP contribution in [-0.2, 0) is 16.0 Å². The maximum atomic E-state index is 11.5. The third kappa shape index (κ3) is 2.68. The predicted octanol–water partition coefficient (Wildman–Crippen LogP) is 2.13. The van der Waals surface area contributed by atoms with Crippen LogP contribution in [0.25, 0.3) is 10.8 Å². The summed E-state index contributed by atoms with van der Waals surface area (Å²) in [5.41, 5.74) is 6.71. The summed E-state index contributed by atoms with van der Waals surface area (Å²) in [6.45, 7) is 0.305. The molecule has 0 spiro atoms. The van der Waals surface area contributed by atoms with Crippen molar-refractivity contribution >= 4 is 16.7 Å². The summed E-state index contributed by atoms with van der Waals surface area (Å²) in [6, 6.07) is 14.4. The Labute approximate surface area is 107 Å². The lowest BCUT2D eigenvalue weighted by molar-refractivity contribution is -0.145. The van der Waals surface area contributed by atoms with E-state index in [9.17, 15) is 4.79 Å². The zero-order valence-corrected chi connectivity index (χ0v) is 10.4. The number of esters is 1. The Morgan fingerprint density at radius 3 is 2.61 bits per heavy atom. The second kappa shape index (κ2) is 5.65. The first-order valence-electron chi connectivity index (χ1n) is 6.00. The Bertz CT molecular complexity index is 551. The first kappa shape index (κ1) is 12.6. The fourth-order valence-corrected chi connectivity index (χ4v) is 2.08. The zero-order chi connectivity index (χ0) is 13.0. The molecule has 0 amide bonds. The molecule has 0 aliphatic heterocycles. The molecule has 2 aromatic rings. The minimum atomic E-state index is -0.267. The number of fused-ring (bicyclic) bond motifs is 1. The van der Waals surface area contributed by atoms with Crippen molar-refractivity contribution in [1.29, 1.82) is 0 Å². The number of hydrogen-bond donors (Lipinski definition) is 1. The van der Waals surface area contributed by atoms with Crippen LogP contribution in [0.4, 0.5) is 0 Å². The molecule has 0 aliphatic carbocycles. The number of carbonyl (C=O) groups excluding carboxylic acids is 1. The lowest BCUT2D eigenvalue weighted by Crippen LogP contribution is -2.26. The lowest BCUT2D eigenvalue weighted by atomic mass is 9.97. The topological polar surface area (TPSA) is 52.3 Å². The monoisotopic (exact) mass is 243 g/mol. The largest absolute Gasteiger partial charge is 0.469 e. The summed E-state index contributed by atoms with van der Waals surface area (Å²) in [4.78, 5) is 11.5. The van der Waals surface area contributed by atoms with E-state index in [1.54, 1.807) is 0 Å². The minimum Gasteiger partial charge on any atom is -0.469 e. The number of benzene rings is 2. The molecule has 0 saturated heterocycles. The third-order valence-corrected chi connectivity index (χ3v) is 3.12. The number of methoxy groups -OCH3 is 1. The maximum Gasteiger partial charge on any atom is 0.310 e. The summed E-state index contributed by atoms with van der Waals surface area (Å²) in [5, 5.41) is 2.37. The molecule has 0 heterocycles. The van der Waals surface area contributed by atoms with Crippen LogP contribution in [0.3, 0.4) is 0 Å². The number of ether oxygens (including phenoxy) is 1. The molecule has 0 aromatic heterocycles. The van der Waals surface area contributed by atoms with Crippen molar-refractivity contribution in [1.82, 2.24) is 0 Å². The average Bonchev–Trinajstić information content (AvgIpc) is 2.43. The molecule has 94 valence electrons. The Hall–Kier alpha value is -1.87. The molecule has 2 aromatic carbocycles. The number of hydrogen-bond acceptors (Lipinski definition) is 3. The van der Waals surface area contributed by atoms with Crippen molar-refractivity contribution in [3.05, 3.63) is 48.0 Å². The summed E-state index contributed by atoms with van der Waals surface area (Å²) < 4.78 is 4.74. The molecule has 18 heavy (non-hydrogen) atoms. The van der Waals surface area contributed by atoms with Gasteiger partial charge in [-0.3, -0.25) is 4.79 Å². The second-order valence-electron chi connectivity index (χ2n) is 4.34. The van der Waals surface area contributed by atoms with Gasteiger partial charge in [0, 0.05) is 6.54 Å². The highest BCUT2D eigenvalue weighted by Crippen LogP contribution is 2.18. The van der Waals surface area contributed by atoms with Crippen LogP contribution in [0.15, 0.2) is 42.5 Å². The second-order valence-corrected chi connectivity index (χ2v) is 4.34. The molecule has 3 nitrogen and oxygen atoms in total. The molecule has 0 aliphatic rings. The molecule has 0 radical (unpaired) electrons. The van der Waals surface area contributed by atoms with Crippen molar-refractivity contribution in [2.75, 3.05) is 13.7 Å². The Kier molecular flexibility index (Phi) is 3.95. The summed E-state index contributed by atoms with van der Waals surface area (Å²) in [5.74, 6) is -0.512. The summed E-state index contributed by atoms with van der Waals surface area (Å²) >= 11 is 0. The first-order chi connectivity index (χ1) is 8.74. The van der Waals surface area contributed by atoms with Crippen LogP contribution in [0.2, 0.25) is 0 Å². The molecule has 2 N–H and O–H groups in total. The predicted molar refractivity (Wildman–Crippen MR) is 72.2 cm³/mol. The highest BCUT2D eigenvalue weighted by atomic mass is 16.5. The van der Waals surface area contributed by atoms with Gasteiger partial charge in [0.05, 0.1) is 13.0 Å². The third-order valence-electron chi connectivity index (χ3n) is 3.12. The van der Waals surface area contributed by atoms with Gasteiger partial charge in [0.25, 0.3) is 0 Å². The van der Waals surface area contributed by atoms with E-state index in [1.807, 2.05) is 18.2 Å². The Morgan fingerprint density at radius 2 is 1.94 bits per heavy atom. The Morgan fingerprint density at radius 1 is 1.22 bits per heavy atom. The van der Waals surface area contributed by atoms with Gasteiger partial charge >= 0.3 is 5.97 Å². The maximum absolute atomic E-state index is 11.5. The highest BCUT2D eigenvalue weighted by molar-refractivity contribution is 5.83. The van der Waals surface area contributed by atoms with Gasteiger partial charge < -0.3 is 10.5 Å². The summed E-state index contributed by atoms with van der Waals surface area (Å²) in [6.07, 6.45) is 0.619. The minimum absolute atomic E-state index is 0.245. The Balaban J connectivity index is 2.23. The molecule has 0 bridgehead atoms. The van der Waals surface area contributed by atoms with Crippen LogP contribution in [0, 0.1) is 5.92 Å². The lowest BCUT2D eigenvalue weighted by Gasteiger charge is -2.12. The number of carbonyl (C=O) groups is 1. The van der Waals surface area contributed by atoms with E-state index in [0.29, 0.717) is 13.0 Å². The van der Waals surface area contributed by atoms with Gasteiger partial charge in [-0.05, 0) is 22.8 Å². The molecule has 1 atom stereocenters. The fraction of sp³-hybridized carbons (Fsp3) is 0.267. The van der Waals surface area contributed by atoms with E-state index < -0.39 is 0 Å². The van der Waals surface area contributed by atoms with E-state index >= 15 is 0 Å². The average molecular weight is 243 g/mol. The molecular formula is C15H17NO2. The number of rotatable bonds is 4. The molecule has 1 unspecified atom stereocenters. The van der Waals surface area contributed by atoms with Crippen LogP contribution in [0.5, 0.6) is 0 Å². The van der Waals surface area contributed by atoms with Crippen molar-refractivity contribution < 1.29 is 9.53 Å². The van der Waals surface area contributed by atoms with E-state index in [0.717, 1.165) is 5.56 Å². The molecular weight excluding hydrogens is 226 g/mol. The van der Waals surface area contributed by atoms with Crippen molar-refractivity contribution in [2.45, 2.75) is 6.42 Å². The van der Waals surface area contributed by atoms with E-state index in [1.165, 1.54) is 17.9 Å². The fourth-order valence-electron chi connectivity index (χ4n) is 2.08. The highest BCUT2D eigenvalue weighted by Gasteiger charge is 2.17. The van der Waals surface area contributed by atoms with Gasteiger partial charge in [-0.25, -0.2) is 0 Å². The zero-order valence-electron chi connectivity index (χ0n) is 10.4. The van der Waals surface area contributed by atoms with Gasteiger partial charge in [-0.15, -0.1) is 0 Å². The number of nitrogens with two attached hydrogens (primary N) is 1. The molecule has 0 fully saturated rings. The van der Waals surface area contributed by atoms with Crippen molar-refractivity contribution in [3.63, 3.8) is 0 Å². The molecule has 0 saturated carbocycles. The van der Waals surface area contributed by atoms with E-state index in [-0.39, 0.29) is 11.9 Å². The van der Waals surface area contributed by atoms with Gasteiger partial charge in [0.1, 0.15) is 0 Å². The normalized spacial score (nSPS) is 12.3. The van der Waals surface area contributed by atoms with Crippen molar-refractivity contribution in [2.24, 2.45) is 11.7 Å². The first-order valence-corrected chi connectivity index (χ1v) is 6.00. The van der Waals surface area contributed by atoms with Gasteiger partial charge in [0.15, 0.2) is 0 Å². The van der Waals surface area contributed by atoms with Gasteiger partial charge in [0.2, 0.25) is 0 Å². The van der Waals surface area contributed by atoms with Crippen LogP contribution in [0.1, 0.15) is 5.56 Å². The van der Waals surface area contributed by atoms with Gasteiger partial charge in [-0.1, -0.05) is 42.5 Å². The molecule has 2 rings (SSSR count). The van der Waals surface area contributed by atoms with E-state index in [4.69, 9.17) is 10.5 Å². The van der Waals surface area contributed by atoms with Gasteiger partial charge in [-0.2, -0.15) is 0 Å².